The van der Waals surface area contributed by atoms with Gasteiger partial charge in [0.1, 0.15) is 0 Å². The summed E-state index contributed by atoms with van der Waals surface area (Å²) < 4.78 is 0. The van der Waals surface area contributed by atoms with Gasteiger partial charge in [-0.1, -0.05) is 48.0 Å². The molecule has 0 amide bonds. The summed E-state index contributed by atoms with van der Waals surface area (Å²) in [6.45, 7) is 5.21. The van der Waals surface area contributed by atoms with Gasteiger partial charge in [0.15, 0.2) is 0 Å². The molecule has 4 rings (SSSR count). The molecule has 1 atom stereocenters. The molecule has 2 aliphatic heterocycles. The molecule has 2 aromatic carbocycles. The van der Waals surface area contributed by atoms with Crippen LogP contribution in [0.1, 0.15) is 5.56 Å². The van der Waals surface area contributed by atoms with E-state index in [4.69, 9.17) is 11.6 Å². The van der Waals surface area contributed by atoms with Gasteiger partial charge in [-0.2, -0.15) is 10.9 Å². The van der Waals surface area contributed by atoms with Crippen molar-refractivity contribution in [2.45, 2.75) is 11.4 Å². The third-order valence-corrected chi connectivity index (χ3v) is 7.76. The van der Waals surface area contributed by atoms with Crippen LogP contribution >= 0.6 is 22.5 Å². The summed E-state index contributed by atoms with van der Waals surface area (Å²) in [6.07, 6.45) is 4.14. The highest BCUT2D eigenvalue weighted by Crippen LogP contribution is 2.49. The highest BCUT2D eigenvalue weighted by atomic mass is 35.5. The van der Waals surface area contributed by atoms with Gasteiger partial charge in [-0.3, -0.25) is 4.90 Å². The van der Waals surface area contributed by atoms with E-state index in [1.807, 2.05) is 18.2 Å². The van der Waals surface area contributed by atoms with Gasteiger partial charge in [0.25, 0.3) is 0 Å². The Balaban J connectivity index is 1.43. The minimum absolute atomic E-state index is 0.144. The number of allylic oxidation sites excluding steroid dienone is 2. The minimum atomic E-state index is -0.521. The van der Waals surface area contributed by atoms with E-state index >= 15 is 0 Å². The first kappa shape index (κ1) is 18.6. The number of hydrogen-bond acceptors (Lipinski definition) is 3. The molecule has 3 nitrogen and oxygen atoms in total. The molecule has 0 aliphatic carbocycles. The van der Waals surface area contributed by atoms with Crippen molar-refractivity contribution in [2.75, 3.05) is 37.7 Å². The maximum Gasteiger partial charge on any atom is 0.0729 e. The molecule has 0 radical (unpaired) electrons. The molecule has 5 heteroatoms. The average Bonchev–Trinajstić information content (AvgIpc) is 3.18. The Morgan fingerprint density at radius 2 is 1.81 bits per heavy atom. The van der Waals surface area contributed by atoms with Crippen LogP contribution in [0.25, 0.3) is 0 Å². The molecule has 27 heavy (non-hydrogen) atoms. The predicted molar refractivity (Wildman–Crippen MR) is 117 cm³/mol. The molecule has 0 saturated carbocycles. The molecule has 2 heterocycles. The molecule has 0 bridgehead atoms. The average molecular weight is 401 g/mol. The molecule has 1 N–H and O–H groups in total. The lowest BCUT2D eigenvalue weighted by Gasteiger charge is -2.36. The SMILES string of the molecule is OCC1=CC=C[SH]1c1ccccc1CN1CCN(c2cccc(Cl)c2)CC1. The molecule has 1 fully saturated rings. The van der Waals surface area contributed by atoms with Crippen LogP contribution < -0.4 is 4.90 Å². The van der Waals surface area contributed by atoms with E-state index in [9.17, 15) is 5.11 Å². The number of thiol groups is 1. The van der Waals surface area contributed by atoms with Crippen molar-refractivity contribution >= 4 is 28.2 Å². The van der Waals surface area contributed by atoms with E-state index in [-0.39, 0.29) is 6.61 Å². The third kappa shape index (κ3) is 4.25. The van der Waals surface area contributed by atoms with E-state index in [1.165, 1.54) is 16.1 Å². The molecule has 1 unspecified atom stereocenters. The summed E-state index contributed by atoms with van der Waals surface area (Å²) in [7, 11) is -0.521. The fourth-order valence-electron chi connectivity index (χ4n) is 3.74. The van der Waals surface area contributed by atoms with Crippen LogP contribution in [0.2, 0.25) is 5.02 Å². The summed E-state index contributed by atoms with van der Waals surface area (Å²) in [5.74, 6) is 0. The van der Waals surface area contributed by atoms with Gasteiger partial charge in [-0.15, -0.1) is 0 Å². The molecular weight excluding hydrogens is 376 g/mol. The normalized spacial score (nSPS) is 21.5. The van der Waals surface area contributed by atoms with E-state index in [1.54, 1.807) is 0 Å². The summed E-state index contributed by atoms with van der Waals surface area (Å²) >= 11 is 6.14. The van der Waals surface area contributed by atoms with Crippen LogP contribution in [0.3, 0.4) is 0 Å². The fraction of sp³-hybridized carbons (Fsp3) is 0.273. The van der Waals surface area contributed by atoms with Crippen LogP contribution in [0, 0.1) is 0 Å². The first-order valence-electron chi connectivity index (χ1n) is 9.33. The van der Waals surface area contributed by atoms with Crippen molar-refractivity contribution in [1.29, 1.82) is 0 Å². The summed E-state index contributed by atoms with van der Waals surface area (Å²) in [5, 5.41) is 12.7. The van der Waals surface area contributed by atoms with Crippen molar-refractivity contribution in [3.05, 3.63) is 81.6 Å². The molecule has 2 aliphatic rings. The Morgan fingerprint density at radius 3 is 2.59 bits per heavy atom. The highest BCUT2D eigenvalue weighted by molar-refractivity contribution is 8.23. The van der Waals surface area contributed by atoms with Gasteiger partial charge >= 0.3 is 0 Å². The standard InChI is InChI=1S/C22H25ClN2OS/c23-19-6-3-7-20(15-19)25-12-10-24(11-13-25)16-18-5-1-2-9-22(18)27-14-4-8-21(27)17-26/h1-9,14-15,26-27H,10-13,16-17H2. The number of hydrogen-bond donors (Lipinski definition) is 2. The Labute approximate surface area is 168 Å². The van der Waals surface area contributed by atoms with Crippen LogP contribution in [0.5, 0.6) is 0 Å². The Morgan fingerprint density at radius 1 is 1.00 bits per heavy atom. The highest BCUT2D eigenvalue weighted by Gasteiger charge is 2.20. The van der Waals surface area contributed by atoms with Crippen molar-refractivity contribution in [2.24, 2.45) is 0 Å². The summed E-state index contributed by atoms with van der Waals surface area (Å²) in [5.41, 5.74) is 2.59. The zero-order valence-electron chi connectivity index (χ0n) is 15.3. The Bertz CT molecular complexity index is 859. The van der Waals surface area contributed by atoms with E-state index < -0.39 is 10.9 Å². The molecule has 0 aromatic heterocycles. The number of aliphatic hydroxyl groups is 1. The molecular formula is C22H25ClN2OS. The quantitative estimate of drug-likeness (QED) is 0.727. The number of halogens is 1. The van der Waals surface area contributed by atoms with E-state index in [0.717, 1.165) is 42.7 Å². The van der Waals surface area contributed by atoms with E-state index in [2.05, 4.69) is 57.7 Å². The number of anilines is 1. The maximum atomic E-state index is 9.65. The maximum absolute atomic E-state index is 9.65. The Kier molecular flexibility index (Phi) is 5.89. The third-order valence-electron chi connectivity index (χ3n) is 5.19. The molecule has 0 spiro atoms. The molecule has 1 saturated heterocycles. The van der Waals surface area contributed by atoms with Crippen molar-refractivity contribution < 1.29 is 5.11 Å². The summed E-state index contributed by atoms with van der Waals surface area (Å²) in [6, 6.07) is 16.8. The topological polar surface area (TPSA) is 26.7 Å². The van der Waals surface area contributed by atoms with Crippen LogP contribution in [0.15, 0.2) is 75.9 Å². The number of nitrogens with zero attached hydrogens (tertiary/aromatic N) is 2. The largest absolute Gasteiger partial charge is 0.391 e. The second-order valence-corrected chi connectivity index (χ2v) is 9.43. The predicted octanol–water partition coefficient (Wildman–Crippen LogP) is 4.43. The lowest BCUT2D eigenvalue weighted by atomic mass is 10.2. The van der Waals surface area contributed by atoms with Gasteiger partial charge in [0.2, 0.25) is 0 Å². The fourth-order valence-corrected chi connectivity index (χ4v) is 5.94. The number of benzene rings is 2. The Hall–Kier alpha value is -1.72. The van der Waals surface area contributed by atoms with Gasteiger partial charge in [0.05, 0.1) is 6.61 Å². The number of rotatable bonds is 5. The zero-order chi connectivity index (χ0) is 18.6. The second kappa shape index (κ2) is 8.53. The van der Waals surface area contributed by atoms with Crippen LogP contribution in [-0.2, 0) is 6.54 Å². The second-order valence-electron chi connectivity index (χ2n) is 6.90. The van der Waals surface area contributed by atoms with Gasteiger partial charge in [-0.25, -0.2) is 0 Å². The van der Waals surface area contributed by atoms with Crippen LogP contribution in [-0.4, -0.2) is 42.8 Å². The monoisotopic (exact) mass is 400 g/mol. The van der Waals surface area contributed by atoms with Crippen molar-refractivity contribution in [3.63, 3.8) is 0 Å². The van der Waals surface area contributed by atoms with Gasteiger partial charge in [0, 0.05) is 43.4 Å². The number of aliphatic hydroxyl groups excluding tert-OH is 1. The molecule has 142 valence electrons. The smallest absolute Gasteiger partial charge is 0.0729 e. The first-order valence-corrected chi connectivity index (χ1v) is 11.1. The van der Waals surface area contributed by atoms with E-state index in [0.29, 0.717) is 0 Å². The van der Waals surface area contributed by atoms with Gasteiger partial charge < -0.3 is 10.0 Å². The molecule has 2 aromatic rings. The number of piperazine rings is 1. The zero-order valence-corrected chi connectivity index (χ0v) is 16.9. The first-order chi connectivity index (χ1) is 13.2. The van der Waals surface area contributed by atoms with Crippen molar-refractivity contribution in [1.82, 2.24) is 4.90 Å². The minimum Gasteiger partial charge on any atom is -0.391 e. The lowest BCUT2D eigenvalue weighted by molar-refractivity contribution is 0.248. The lowest BCUT2D eigenvalue weighted by Crippen LogP contribution is -2.46. The van der Waals surface area contributed by atoms with Crippen molar-refractivity contribution in [3.8, 4) is 0 Å². The van der Waals surface area contributed by atoms with Crippen LogP contribution in [0.4, 0.5) is 5.69 Å². The van der Waals surface area contributed by atoms with Gasteiger partial charge in [-0.05, 0) is 45.0 Å². The summed E-state index contributed by atoms with van der Waals surface area (Å²) in [4.78, 5) is 7.45.